The van der Waals surface area contributed by atoms with Gasteiger partial charge in [0, 0.05) is 51.4 Å². The second kappa shape index (κ2) is 10.3. The van der Waals surface area contributed by atoms with Gasteiger partial charge in [0.2, 0.25) is 11.8 Å². The minimum absolute atomic E-state index is 0.0393. The highest BCUT2D eigenvalue weighted by Crippen LogP contribution is 2.47. The Bertz CT molecular complexity index is 1670. The number of rotatable bonds is 2. The summed E-state index contributed by atoms with van der Waals surface area (Å²) in [6, 6.07) is 11.2. The number of hydrogen-bond acceptors (Lipinski definition) is 11. The predicted octanol–water partition coefficient (Wildman–Crippen LogP) is 2.22. The normalized spacial score (nSPS) is 23.5. The Balaban J connectivity index is 1.27. The van der Waals surface area contributed by atoms with E-state index < -0.39 is 10.8 Å². The summed E-state index contributed by atoms with van der Waals surface area (Å²) >= 11 is 0. The van der Waals surface area contributed by atoms with Gasteiger partial charge in [-0.05, 0) is 50.2 Å². The standard InChI is InChI=1S/C31H30N8O5/c1-17(42)32-27-25(11-40)34-23-9-19(5-7-21(23)36-27)38-13-30(3)15-39(16-31(4,14-38)29(30)44)20-6-8-22-24(10-20)35-26(12-41)28(37-22)33-18(2)43/h5-10,34-35H,13-16H2,1-4H3,(H,32,36,42)(H,33,37,43). The van der Waals surface area contributed by atoms with Crippen molar-refractivity contribution in [1.29, 1.82) is 0 Å². The van der Waals surface area contributed by atoms with E-state index in [-0.39, 0.29) is 40.7 Å². The lowest BCUT2D eigenvalue weighted by atomic mass is 9.64. The number of anilines is 4. The first-order valence-electron chi connectivity index (χ1n) is 14.0. The molecule has 4 aliphatic rings. The Morgan fingerprint density at radius 3 is 1.48 bits per heavy atom. The highest BCUT2D eigenvalue weighted by atomic mass is 16.2. The number of nitrogens with one attached hydrogen (secondary N) is 4. The molecule has 13 heteroatoms. The SMILES string of the molecule is CC(=O)NC1=Nc2ccc(N3CC4(C)CN(c5ccc6c(c5)NC(=C=O)C(NC(C)=O)=N6)CC(C)(C3)C4=O)cc2NC1=C=O. The summed E-state index contributed by atoms with van der Waals surface area (Å²) < 4.78 is 0. The Morgan fingerprint density at radius 2 is 1.14 bits per heavy atom. The number of ketones is 1. The van der Waals surface area contributed by atoms with Crippen LogP contribution in [-0.2, 0) is 24.0 Å². The van der Waals surface area contributed by atoms with E-state index in [2.05, 4.69) is 41.1 Å². The van der Waals surface area contributed by atoms with E-state index in [1.165, 1.54) is 13.8 Å². The molecule has 2 fully saturated rings. The molecule has 0 unspecified atom stereocenters. The fraction of sp³-hybridized carbons (Fsp3) is 0.323. The third kappa shape index (κ3) is 4.94. The fourth-order valence-electron chi connectivity index (χ4n) is 6.52. The molecule has 13 nitrogen and oxygen atoms in total. The molecular formula is C31H30N8O5. The quantitative estimate of drug-likeness (QED) is 0.382. The first kappa shape index (κ1) is 28.6. The molecule has 4 N–H and O–H groups in total. The van der Waals surface area contributed by atoms with Crippen molar-refractivity contribution in [1.82, 2.24) is 10.6 Å². The van der Waals surface area contributed by atoms with Crippen molar-refractivity contribution < 1.29 is 24.0 Å². The third-order valence-corrected chi connectivity index (χ3v) is 8.20. The van der Waals surface area contributed by atoms with Crippen LogP contribution in [0.25, 0.3) is 0 Å². The molecular weight excluding hydrogens is 564 g/mol. The maximum Gasteiger partial charge on any atom is 0.222 e. The smallest absolute Gasteiger partial charge is 0.222 e. The monoisotopic (exact) mass is 594 g/mol. The first-order valence-corrected chi connectivity index (χ1v) is 14.0. The minimum Gasteiger partial charge on any atom is -0.369 e. The molecule has 2 amide bonds. The summed E-state index contributed by atoms with van der Waals surface area (Å²) in [6.07, 6.45) is 0. The number of nitrogens with zero attached hydrogens (tertiary/aromatic N) is 4. The maximum atomic E-state index is 13.8. The van der Waals surface area contributed by atoms with Crippen molar-refractivity contribution in [3.63, 3.8) is 0 Å². The van der Waals surface area contributed by atoms with Crippen LogP contribution in [0.3, 0.4) is 0 Å². The van der Waals surface area contributed by atoms with Gasteiger partial charge in [0.1, 0.15) is 0 Å². The Hall–Kier alpha value is -5.51. The molecule has 224 valence electrons. The summed E-state index contributed by atoms with van der Waals surface area (Å²) in [5, 5.41) is 11.1. The van der Waals surface area contributed by atoms with Gasteiger partial charge in [-0.3, -0.25) is 14.4 Å². The zero-order valence-electron chi connectivity index (χ0n) is 24.6. The molecule has 4 aliphatic heterocycles. The Labute approximate surface area is 252 Å². The molecule has 2 bridgehead atoms. The molecule has 4 heterocycles. The van der Waals surface area contributed by atoms with Gasteiger partial charge in [-0.15, -0.1) is 0 Å². The highest BCUT2D eigenvalue weighted by molar-refractivity contribution is 6.17. The summed E-state index contributed by atoms with van der Waals surface area (Å²) in [6.45, 7) is 8.52. The lowest BCUT2D eigenvalue weighted by Gasteiger charge is -2.56. The van der Waals surface area contributed by atoms with E-state index in [9.17, 15) is 24.0 Å². The van der Waals surface area contributed by atoms with E-state index in [0.717, 1.165) is 11.4 Å². The van der Waals surface area contributed by atoms with Gasteiger partial charge < -0.3 is 31.1 Å². The topological polar surface area (TPSA) is 165 Å². The average Bonchev–Trinajstić information content (AvgIpc) is 2.96. The lowest BCUT2D eigenvalue weighted by Crippen LogP contribution is -2.68. The number of fused-ring (bicyclic) bond motifs is 4. The number of piperidine rings is 2. The first-order chi connectivity index (χ1) is 20.9. The Kier molecular flexibility index (Phi) is 6.72. The lowest BCUT2D eigenvalue weighted by molar-refractivity contribution is -0.140. The van der Waals surface area contributed by atoms with Crippen LogP contribution < -0.4 is 31.1 Å². The van der Waals surface area contributed by atoms with Crippen molar-refractivity contribution in [3.05, 3.63) is 47.8 Å². The minimum atomic E-state index is -0.701. The second-order valence-corrected chi connectivity index (χ2v) is 12.1. The molecule has 2 saturated heterocycles. The molecule has 2 aromatic carbocycles. The molecule has 6 rings (SSSR count). The van der Waals surface area contributed by atoms with Crippen molar-refractivity contribution in [2.75, 3.05) is 46.6 Å². The molecule has 0 aromatic heterocycles. The molecule has 0 spiro atoms. The Morgan fingerprint density at radius 1 is 0.750 bits per heavy atom. The molecule has 0 saturated carbocycles. The van der Waals surface area contributed by atoms with E-state index >= 15 is 0 Å². The van der Waals surface area contributed by atoms with Crippen LogP contribution in [-0.4, -0.2) is 67.3 Å². The van der Waals surface area contributed by atoms with E-state index in [4.69, 9.17) is 0 Å². The molecule has 44 heavy (non-hydrogen) atoms. The van der Waals surface area contributed by atoms with Gasteiger partial charge >= 0.3 is 0 Å². The molecule has 0 aliphatic carbocycles. The van der Waals surface area contributed by atoms with Gasteiger partial charge in [-0.25, -0.2) is 19.6 Å². The van der Waals surface area contributed by atoms with Gasteiger partial charge in [0.15, 0.2) is 40.7 Å². The number of carbonyl (C=O) groups excluding carboxylic acids is 5. The number of amides is 2. The summed E-state index contributed by atoms with van der Waals surface area (Å²) in [5.41, 5.74) is 2.75. The van der Waals surface area contributed by atoms with Crippen LogP contribution >= 0.6 is 0 Å². The maximum absolute atomic E-state index is 13.8. The van der Waals surface area contributed by atoms with Crippen LogP contribution in [0.2, 0.25) is 0 Å². The van der Waals surface area contributed by atoms with E-state index in [1.807, 2.05) is 50.2 Å². The summed E-state index contributed by atoms with van der Waals surface area (Å²) in [5.74, 6) is 3.33. The van der Waals surface area contributed by atoms with Crippen molar-refractivity contribution in [3.8, 4) is 0 Å². The number of benzene rings is 2. The van der Waals surface area contributed by atoms with Gasteiger partial charge in [-0.2, -0.15) is 0 Å². The van der Waals surface area contributed by atoms with Crippen LogP contribution in [0, 0.1) is 10.8 Å². The molecule has 0 radical (unpaired) electrons. The van der Waals surface area contributed by atoms with Gasteiger partial charge in [0.05, 0.1) is 33.6 Å². The van der Waals surface area contributed by atoms with Gasteiger partial charge in [0.25, 0.3) is 0 Å². The molecule has 2 aromatic rings. The van der Waals surface area contributed by atoms with Crippen LogP contribution in [0.1, 0.15) is 27.7 Å². The number of Topliss-reactive ketones (excluding diaryl/α,β-unsaturated/α-hetero) is 1. The predicted molar refractivity (Wildman–Crippen MR) is 166 cm³/mol. The number of carbonyl (C=O) groups is 3. The third-order valence-electron chi connectivity index (χ3n) is 8.20. The number of aliphatic imine (C=N–C) groups is 2. The molecule has 0 atom stereocenters. The van der Waals surface area contributed by atoms with Crippen molar-refractivity contribution in [2.45, 2.75) is 27.7 Å². The van der Waals surface area contributed by atoms with Crippen molar-refractivity contribution >= 4 is 75.3 Å². The van der Waals surface area contributed by atoms with E-state index in [0.29, 0.717) is 48.9 Å². The fourth-order valence-corrected chi connectivity index (χ4v) is 6.52. The average molecular weight is 595 g/mol. The zero-order valence-corrected chi connectivity index (χ0v) is 24.6. The van der Waals surface area contributed by atoms with Crippen molar-refractivity contribution in [2.24, 2.45) is 20.8 Å². The van der Waals surface area contributed by atoms with Crippen LogP contribution in [0.4, 0.5) is 34.1 Å². The zero-order chi connectivity index (χ0) is 31.4. The summed E-state index contributed by atoms with van der Waals surface area (Å²) in [4.78, 5) is 73.2. The largest absolute Gasteiger partial charge is 0.369 e. The number of amidine groups is 2. The second-order valence-electron chi connectivity index (χ2n) is 12.1. The van der Waals surface area contributed by atoms with Crippen LogP contribution in [0.5, 0.6) is 0 Å². The van der Waals surface area contributed by atoms with Gasteiger partial charge in [-0.1, -0.05) is 0 Å². The van der Waals surface area contributed by atoms with Crippen LogP contribution in [0.15, 0.2) is 57.8 Å². The highest BCUT2D eigenvalue weighted by Gasteiger charge is 2.56. The van der Waals surface area contributed by atoms with E-state index in [1.54, 1.807) is 11.9 Å². The number of hydrogen-bond donors (Lipinski definition) is 4. The summed E-state index contributed by atoms with van der Waals surface area (Å²) in [7, 11) is 0.